The third kappa shape index (κ3) is 2.35. The lowest BCUT2D eigenvalue weighted by atomic mass is 9.83. The highest BCUT2D eigenvalue weighted by molar-refractivity contribution is 5.85. The van der Waals surface area contributed by atoms with Crippen molar-refractivity contribution in [3.63, 3.8) is 0 Å². The average Bonchev–Trinajstić information content (AvgIpc) is 3.13. The zero-order valence-corrected chi connectivity index (χ0v) is 16.7. The number of rotatable bonds is 1. The molecule has 0 N–H and O–H groups in total. The van der Waals surface area contributed by atoms with E-state index in [1.165, 1.54) is 0 Å². The second-order valence-electron chi connectivity index (χ2n) is 8.54. The van der Waals surface area contributed by atoms with Crippen LogP contribution in [0.3, 0.4) is 0 Å². The maximum absolute atomic E-state index is 12.4. The molecule has 0 saturated carbocycles. The minimum Gasteiger partial charge on any atom is -0.357 e. The number of aryl methyl sites for hydroxylation is 1. The molecule has 2 unspecified atom stereocenters. The number of para-hydroxylation sites is 2. The number of fused-ring (bicyclic) bond motifs is 7. The van der Waals surface area contributed by atoms with Crippen LogP contribution in [0.15, 0.2) is 53.3 Å². The van der Waals surface area contributed by atoms with Gasteiger partial charge in [-0.1, -0.05) is 18.2 Å². The van der Waals surface area contributed by atoms with Crippen molar-refractivity contribution >= 4 is 22.5 Å². The zero-order valence-electron chi connectivity index (χ0n) is 16.7. The molecular formula is C24H21N5O. The van der Waals surface area contributed by atoms with Crippen LogP contribution in [0.2, 0.25) is 0 Å². The molecule has 30 heavy (non-hydrogen) atoms. The molecule has 4 aromatic rings. The van der Waals surface area contributed by atoms with Crippen LogP contribution in [0.5, 0.6) is 0 Å². The lowest BCUT2D eigenvalue weighted by molar-refractivity contribution is 0.280. The zero-order chi connectivity index (χ0) is 20.4. The van der Waals surface area contributed by atoms with Gasteiger partial charge in [0, 0.05) is 37.3 Å². The Morgan fingerprint density at radius 3 is 2.83 bits per heavy atom. The van der Waals surface area contributed by atoms with Crippen molar-refractivity contribution < 1.29 is 0 Å². The molecule has 1 aromatic carbocycles. The molecule has 1 fully saturated rings. The van der Waals surface area contributed by atoms with Crippen LogP contribution in [-0.4, -0.2) is 27.0 Å². The summed E-state index contributed by atoms with van der Waals surface area (Å²) in [7, 11) is 0. The van der Waals surface area contributed by atoms with Crippen LogP contribution in [0.25, 0.3) is 16.7 Å². The van der Waals surface area contributed by atoms with Gasteiger partial charge in [-0.2, -0.15) is 5.26 Å². The third-order valence-electron chi connectivity index (χ3n) is 6.67. The molecule has 3 aromatic heterocycles. The molecule has 1 saturated heterocycles. The molecule has 0 amide bonds. The van der Waals surface area contributed by atoms with Gasteiger partial charge in [-0.05, 0) is 49.1 Å². The summed E-state index contributed by atoms with van der Waals surface area (Å²) in [6, 6.07) is 18.2. The van der Waals surface area contributed by atoms with E-state index in [2.05, 4.69) is 33.6 Å². The summed E-state index contributed by atoms with van der Waals surface area (Å²) in [5, 5.41) is 9.76. The first-order valence-corrected chi connectivity index (χ1v) is 10.4. The second-order valence-corrected chi connectivity index (χ2v) is 8.54. The summed E-state index contributed by atoms with van der Waals surface area (Å²) in [5.74, 6) is 1.83. The van der Waals surface area contributed by atoms with E-state index in [-0.39, 0.29) is 5.56 Å². The van der Waals surface area contributed by atoms with Gasteiger partial charge in [-0.3, -0.25) is 9.20 Å². The molecule has 2 atom stereocenters. The van der Waals surface area contributed by atoms with Crippen molar-refractivity contribution in [3.05, 3.63) is 75.7 Å². The van der Waals surface area contributed by atoms with Crippen molar-refractivity contribution in [1.29, 1.82) is 5.26 Å². The standard InChI is InChI=1S/C24H21N5O/c1-15-9-22(29-21-6-3-2-5-19(21)26-24(29)18(15)11-25)27-12-16-10-17(14-27)20-7-4-8-23(30)28(20)13-16/h2-9,16-17H,10,12-14H2,1H3. The second kappa shape index (κ2) is 6.20. The Hall–Kier alpha value is -3.59. The fraction of sp³-hybridized carbons (Fsp3) is 0.292. The molecule has 2 bridgehead atoms. The Balaban J connectivity index is 1.55. The number of piperidine rings is 1. The van der Waals surface area contributed by atoms with E-state index >= 15 is 0 Å². The fourth-order valence-corrected chi connectivity index (χ4v) is 5.39. The maximum Gasteiger partial charge on any atom is 0.250 e. The van der Waals surface area contributed by atoms with Crippen LogP contribution in [0, 0.1) is 24.2 Å². The molecule has 6 heteroatoms. The van der Waals surface area contributed by atoms with E-state index in [1.807, 2.05) is 35.8 Å². The lowest BCUT2D eigenvalue weighted by Gasteiger charge is -2.44. The first kappa shape index (κ1) is 17.3. The van der Waals surface area contributed by atoms with E-state index < -0.39 is 0 Å². The number of nitrogens with zero attached hydrogens (tertiary/aromatic N) is 5. The Kier molecular flexibility index (Phi) is 3.57. The van der Waals surface area contributed by atoms with E-state index in [1.54, 1.807) is 6.07 Å². The first-order chi connectivity index (χ1) is 14.6. The van der Waals surface area contributed by atoms with Crippen molar-refractivity contribution in [2.24, 2.45) is 5.92 Å². The Labute approximate surface area is 173 Å². The van der Waals surface area contributed by atoms with Crippen LogP contribution in [0.1, 0.15) is 29.2 Å². The summed E-state index contributed by atoms with van der Waals surface area (Å²) in [6.45, 7) is 4.50. The van der Waals surface area contributed by atoms with Crippen molar-refractivity contribution in [2.75, 3.05) is 18.0 Å². The number of imidazole rings is 1. The summed E-state index contributed by atoms with van der Waals surface area (Å²) >= 11 is 0. The maximum atomic E-state index is 12.4. The Morgan fingerprint density at radius 2 is 1.97 bits per heavy atom. The summed E-state index contributed by atoms with van der Waals surface area (Å²) in [6.07, 6.45) is 1.11. The van der Waals surface area contributed by atoms with Gasteiger partial charge in [0.2, 0.25) is 0 Å². The molecule has 6 nitrogen and oxygen atoms in total. The van der Waals surface area contributed by atoms with Crippen molar-refractivity contribution in [2.45, 2.75) is 25.8 Å². The van der Waals surface area contributed by atoms with Crippen molar-refractivity contribution in [1.82, 2.24) is 14.0 Å². The number of aromatic nitrogens is 3. The molecule has 2 aliphatic rings. The molecule has 0 spiro atoms. The number of hydrogen-bond acceptors (Lipinski definition) is 4. The van der Waals surface area contributed by atoms with E-state index in [0.717, 1.165) is 59.8 Å². The van der Waals surface area contributed by atoms with Gasteiger partial charge >= 0.3 is 0 Å². The van der Waals surface area contributed by atoms with Crippen LogP contribution in [-0.2, 0) is 6.54 Å². The Bertz CT molecular complexity index is 1420. The normalized spacial score (nSPS) is 20.3. The highest BCUT2D eigenvalue weighted by Gasteiger charge is 2.35. The molecule has 148 valence electrons. The monoisotopic (exact) mass is 395 g/mol. The first-order valence-electron chi connectivity index (χ1n) is 10.4. The molecule has 6 rings (SSSR count). The summed E-state index contributed by atoms with van der Waals surface area (Å²) in [4.78, 5) is 19.6. The number of benzene rings is 1. The van der Waals surface area contributed by atoms with E-state index in [0.29, 0.717) is 17.4 Å². The summed E-state index contributed by atoms with van der Waals surface area (Å²) in [5.41, 5.74) is 5.46. The van der Waals surface area contributed by atoms with E-state index in [4.69, 9.17) is 4.98 Å². The van der Waals surface area contributed by atoms with Gasteiger partial charge in [0.05, 0.1) is 16.6 Å². The SMILES string of the molecule is Cc1cc(N2CC3CC(C2)c2cccc(=O)n2C3)n2c(nc3ccccc32)c1C#N. The van der Waals surface area contributed by atoms with Crippen LogP contribution < -0.4 is 10.5 Å². The third-order valence-corrected chi connectivity index (χ3v) is 6.67. The Morgan fingerprint density at radius 1 is 1.10 bits per heavy atom. The van der Waals surface area contributed by atoms with Gasteiger partial charge < -0.3 is 9.47 Å². The minimum absolute atomic E-state index is 0.105. The fourth-order valence-electron chi connectivity index (χ4n) is 5.39. The predicted molar refractivity (Wildman–Crippen MR) is 116 cm³/mol. The highest BCUT2D eigenvalue weighted by Crippen LogP contribution is 2.38. The van der Waals surface area contributed by atoms with Crippen LogP contribution >= 0.6 is 0 Å². The minimum atomic E-state index is 0.105. The largest absolute Gasteiger partial charge is 0.357 e. The highest BCUT2D eigenvalue weighted by atomic mass is 16.1. The van der Waals surface area contributed by atoms with Gasteiger partial charge in [0.25, 0.3) is 5.56 Å². The average molecular weight is 395 g/mol. The smallest absolute Gasteiger partial charge is 0.250 e. The predicted octanol–water partition coefficient (Wildman–Crippen LogP) is 3.45. The molecule has 5 heterocycles. The number of nitriles is 1. The number of pyridine rings is 2. The van der Waals surface area contributed by atoms with E-state index in [9.17, 15) is 10.1 Å². The number of anilines is 1. The van der Waals surface area contributed by atoms with Gasteiger partial charge in [-0.25, -0.2) is 4.98 Å². The molecule has 0 aliphatic carbocycles. The van der Waals surface area contributed by atoms with Gasteiger partial charge in [0.1, 0.15) is 11.9 Å². The van der Waals surface area contributed by atoms with Crippen LogP contribution in [0.4, 0.5) is 5.82 Å². The van der Waals surface area contributed by atoms with Gasteiger partial charge in [0.15, 0.2) is 5.65 Å². The van der Waals surface area contributed by atoms with Crippen molar-refractivity contribution in [3.8, 4) is 6.07 Å². The number of hydrogen-bond donors (Lipinski definition) is 0. The lowest BCUT2D eigenvalue weighted by Crippen LogP contribution is -2.47. The molecular weight excluding hydrogens is 374 g/mol. The van der Waals surface area contributed by atoms with Gasteiger partial charge in [-0.15, -0.1) is 0 Å². The topological polar surface area (TPSA) is 66.3 Å². The molecule has 2 aliphatic heterocycles. The quantitative estimate of drug-likeness (QED) is 0.495. The molecule has 0 radical (unpaired) electrons. The summed E-state index contributed by atoms with van der Waals surface area (Å²) < 4.78 is 4.10.